The minimum absolute atomic E-state index is 0.150. The summed E-state index contributed by atoms with van der Waals surface area (Å²) < 4.78 is 19.6. The van der Waals surface area contributed by atoms with E-state index in [1.807, 2.05) is 6.07 Å². The molecule has 0 atom stereocenters. The van der Waals surface area contributed by atoms with E-state index in [1.54, 1.807) is 6.07 Å². The normalized spacial score (nSPS) is 17.6. The largest absolute Gasteiger partial charge is 0.381 e. The number of benzene rings is 1. The van der Waals surface area contributed by atoms with Crippen LogP contribution in [0.5, 0.6) is 0 Å². The molecule has 0 aromatic heterocycles. The van der Waals surface area contributed by atoms with Gasteiger partial charge in [0.2, 0.25) is 0 Å². The average Bonchev–Trinajstić information content (AvgIpc) is 2.32. The van der Waals surface area contributed by atoms with Crippen molar-refractivity contribution < 1.29 is 9.13 Å². The molecule has 0 unspecified atom stereocenters. The molecule has 0 bridgehead atoms. The number of rotatable bonds is 3. The summed E-state index contributed by atoms with van der Waals surface area (Å²) in [5, 5.41) is 3.37. The molecule has 0 amide bonds. The lowest BCUT2D eigenvalue weighted by atomic mass is 10.1. The Balaban J connectivity index is 1.90. The Morgan fingerprint density at radius 3 is 2.88 bits per heavy atom. The van der Waals surface area contributed by atoms with E-state index in [0.29, 0.717) is 18.2 Å². The van der Waals surface area contributed by atoms with Crippen molar-refractivity contribution in [3.8, 4) is 0 Å². The standard InChI is InChI=1S/C12H15BrFNO/c13-10-1-2-12(14)9(7-10)8-15-11-3-5-16-6-4-11/h1-2,7,11,15H,3-6,8H2. The summed E-state index contributed by atoms with van der Waals surface area (Å²) in [4.78, 5) is 0. The van der Waals surface area contributed by atoms with E-state index in [4.69, 9.17) is 4.74 Å². The molecule has 1 N–H and O–H groups in total. The Bertz CT molecular complexity index is 353. The number of nitrogens with one attached hydrogen (secondary N) is 1. The van der Waals surface area contributed by atoms with Gasteiger partial charge in [-0.05, 0) is 31.0 Å². The summed E-state index contributed by atoms with van der Waals surface area (Å²) in [5.74, 6) is -0.150. The van der Waals surface area contributed by atoms with Gasteiger partial charge in [-0.15, -0.1) is 0 Å². The quantitative estimate of drug-likeness (QED) is 0.923. The summed E-state index contributed by atoms with van der Waals surface area (Å²) in [7, 11) is 0. The second kappa shape index (κ2) is 5.75. The summed E-state index contributed by atoms with van der Waals surface area (Å²) in [6.07, 6.45) is 2.02. The molecule has 88 valence electrons. The highest BCUT2D eigenvalue weighted by Gasteiger charge is 2.13. The highest BCUT2D eigenvalue weighted by atomic mass is 79.9. The molecule has 1 saturated heterocycles. The zero-order valence-corrected chi connectivity index (χ0v) is 10.6. The van der Waals surface area contributed by atoms with E-state index >= 15 is 0 Å². The molecular weight excluding hydrogens is 273 g/mol. The predicted octanol–water partition coefficient (Wildman–Crippen LogP) is 2.86. The Hall–Kier alpha value is -0.450. The van der Waals surface area contributed by atoms with E-state index in [-0.39, 0.29) is 5.82 Å². The fraction of sp³-hybridized carbons (Fsp3) is 0.500. The summed E-state index contributed by atoms with van der Waals surface area (Å²) in [6.45, 7) is 2.19. The van der Waals surface area contributed by atoms with E-state index in [2.05, 4.69) is 21.2 Å². The predicted molar refractivity (Wildman–Crippen MR) is 64.8 cm³/mol. The van der Waals surface area contributed by atoms with Crippen molar-refractivity contribution in [2.45, 2.75) is 25.4 Å². The van der Waals surface area contributed by atoms with Crippen LogP contribution in [-0.2, 0) is 11.3 Å². The third-order valence-corrected chi connectivity index (χ3v) is 3.30. The Kier molecular flexibility index (Phi) is 4.32. The van der Waals surface area contributed by atoms with Crippen LogP contribution in [0.25, 0.3) is 0 Å². The lowest BCUT2D eigenvalue weighted by Crippen LogP contribution is -2.34. The van der Waals surface area contributed by atoms with Crippen LogP contribution >= 0.6 is 15.9 Å². The smallest absolute Gasteiger partial charge is 0.127 e. The van der Waals surface area contributed by atoms with Crippen molar-refractivity contribution >= 4 is 15.9 Å². The molecule has 2 rings (SSSR count). The van der Waals surface area contributed by atoms with Crippen molar-refractivity contribution in [1.82, 2.24) is 5.32 Å². The lowest BCUT2D eigenvalue weighted by Gasteiger charge is -2.23. The monoisotopic (exact) mass is 287 g/mol. The molecule has 2 nitrogen and oxygen atoms in total. The van der Waals surface area contributed by atoms with Crippen LogP contribution < -0.4 is 5.32 Å². The molecular formula is C12H15BrFNO. The summed E-state index contributed by atoms with van der Waals surface area (Å²) in [6, 6.07) is 5.48. The SMILES string of the molecule is Fc1ccc(Br)cc1CNC1CCOCC1. The van der Waals surface area contributed by atoms with E-state index in [0.717, 1.165) is 30.5 Å². The molecule has 16 heavy (non-hydrogen) atoms. The fourth-order valence-corrected chi connectivity index (χ4v) is 2.24. The van der Waals surface area contributed by atoms with Gasteiger partial charge in [-0.3, -0.25) is 0 Å². The molecule has 1 fully saturated rings. The van der Waals surface area contributed by atoms with Crippen LogP contribution in [0.15, 0.2) is 22.7 Å². The van der Waals surface area contributed by atoms with Crippen molar-refractivity contribution in [1.29, 1.82) is 0 Å². The Labute approximate surface area is 103 Å². The van der Waals surface area contributed by atoms with Gasteiger partial charge in [0.05, 0.1) is 0 Å². The zero-order valence-electron chi connectivity index (χ0n) is 9.01. The van der Waals surface area contributed by atoms with Crippen LogP contribution in [0.1, 0.15) is 18.4 Å². The van der Waals surface area contributed by atoms with Gasteiger partial charge < -0.3 is 10.1 Å². The number of hydrogen-bond donors (Lipinski definition) is 1. The first-order chi connectivity index (χ1) is 7.75. The van der Waals surface area contributed by atoms with Gasteiger partial charge in [-0.1, -0.05) is 15.9 Å². The molecule has 1 aliphatic rings. The fourth-order valence-electron chi connectivity index (χ4n) is 1.83. The molecule has 0 spiro atoms. The van der Waals surface area contributed by atoms with Gasteiger partial charge in [0, 0.05) is 35.8 Å². The Morgan fingerprint density at radius 2 is 2.12 bits per heavy atom. The molecule has 0 saturated carbocycles. The summed E-state index contributed by atoms with van der Waals surface area (Å²) in [5.41, 5.74) is 0.709. The molecule has 4 heteroatoms. The lowest BCUT2D eigenvalue weighted by molar-refractivity contribution is 0.0775. The van der Waals surface area contributed by atoms with Crippen LogP contribution in [-0.4, -0.2) is 19.3 Å². The van der Waals surface area contributed by atoms with Gasteiger partial charge in [0.25, 0.3) is 0 Å². The minimum Gasteiger partial charge on any atom is -0.381 e. The van der Waals surface area contributed by atoms with Gasteiger partial charge >= 0.3 is 0 Å². The molecule has 0 radical (unpaired) electrons. The number of hydrogen-bond acceptors (Lipinski definition) is 2. The average molecular weight is 288 g/mol. The maximum absolute atomic E-state index is 13.4. The van der Waals surface area contributed by atoms with Crippen LogP contribution in [0.2, 0.25) is 0 Å². The zero-order chi connectivity index (χ0) is 11.4. The molecule has 0 aliphatic carbocycles. The van der Waals surface area contributed by atoms with Crippen molar-refractivity contribution in [2.24, 2.45) is 0 Å². The van der Waals surface area contributed by atoms with Crippen molar-refractivity contribution in [3.05, 3.63) is 34.1 Å². The third kappa shape index (κ3) is 3.27. The molecule has 1 aromatic rings. The van der Waals surface area contributed by atoms with Gasteiger partial charge in [0.15, 0.2) is 0 Å². The minimum atomic E-state index is -0.150. The van der Waals surface area contributed by atoms with Crippen molar-refractivity contribution in [2.75, 3.05) is 13.2 Å². The maximum atomic E-state index is 13.4. The second-order valence-electron chi connectivity index (χ2n) is 4.00. The highest BCUT2D eigenvalue weighted by Crippen LogP contribution is 2.16. The number of ether oxygens (including phenoxy) is 1. The van der Waals surface area contributed by atoms with Crippen molar-refractivity contribution in [3.63, 3.8) is 0 Å². The van der Waals surface area contributed by atoms with Crippen LogP contribution in [0.3, 0.4) is 0 Å². The molecule has 1 heterocycles. The van der Waals surface area contributed by atoms with E-state index in [9.17, 15) is 4.39 Å². The Morgan fingerprint density at radius 1 is 1.38 bits per heavy atom. The second-order valence-corrected chi connectivity index (χ2v) is 4.92. The maximum Gasteiger partial charge on any atom is 0.127 e. The first kappa shape index (κ1) is 12.0. The van der Waals surface area contributed by atoms with Gasteiger partial charge in [-0.2, -0.15) is 0 Å². The van der Waals surface area contributed by atoms with E-state index in [1.165, 1.54) is 6.07 Å². The van der Waals surface area contributed by atoms with Crippen LogP contribution in [0, 0.1) is 5.82 Å². The van der Waals surface area contributed by atoms with E-state index < -0.39 is 0 Å². The highest BCUT2D eigenvalue weighted by molar-refractivity contribution is 9.10. The number of halogens is 2. The van der Waals surface area contributed by atoms with Gasteiger partial charge in [0.1, 0.15) is 5.82 Å². The first-order valence-electron chi connectivity index (χ1n) is 5.51. The first-order valence-corrected chi connectivity index (χ1v) is 6.30. The van der Waals surface area contributed by atoms with Crippen LogP contribution in [0.4, 0.5) is 4.39 Å². The summed E-state index contributed by atoms with van der Waals surface area (Å²) >= 11 is 3.35. The van der Waals surface area contributed by atoms with Gasteiger partial charge in [-0.25, -0.2) is 4.39 Å². The topological polar surface area (TPSA) is 21.3 Å². The molecule has 1 aromatic carbocycles. The third-order valence-electron chi connectivity index (χ3n) is 2.81. The molecule has 1 aliphatic heterocycles.